The maximum Gasteiger partial charge on any atom is 0.338 e. The third-order valence-electron chi connectivity index (χ3n) is 2.78. The second kappa shape index (κ2) is 6.47. The summed E-state index contributed by atoms with van der Waals surface area (Å²) in [6, 6.07) is 10.2. The Morgan fingerprint density at radius 1 is 1.10 bits per heavy atom. The smallest absolute Gasteiger partial charge is 0.338 e. The molecule has 1 heterocycles. The third kappa shape index (κ3) is 3.20. The van der Waals surface area contributed by atoms with Crippen LogP contribution >= 0.6 is 0 Å². The monoisotopic (exact) mass is 270 g/mol. The molecule has 0 saturated heterocycles. The summed E-state index contributed by atoms with van der Waals surface area (Å²) in [7, 11) is 1.29. The lowest BCUT2D eigenvalue weighted by atomic mass is 10.1. The van der Waals surface area contributed by atoms with Gasteiger partial charge in [-0.25, -0.2) is 4.79 Å². The number of pyridine rings is 1. The summed E-state index contributed by atoms with van der Waals surface area (Å²) in [5, 5.41) is 2.76. The van der Waals surface area contributed by atoms with E-state index in [4.69, 9.17) is 0 Å². The summed E-state index contributed by atoms with van der Waals surface area (Å²) in [6.45, 7) is 0.372. The van der Waals surface area contributed by atoms with Crippen molar-refractivity contribution in [2.24, 2.45) is 0 Å². The minimum absolute atomic E-state index is 0.252. The van der Waals surface area contributed by atoms with E-state index >= 15 is 0 Å². The molecular formula is C15H14N2O3. The zero-order chi connectivity index (χ0) is 14.4. The molecule has 0 unspecified atom stereocenters. The molecule has 5 heteroatoms. The van der Waals surface area contributed by atoms with Crippen molar-refractivity contribution >= 4 is 11.9 Å². The van der Waals surface area contributed by atoms with E-state index in [1.807, 2.05) is 12.1 Å². The Kier molecular flexibility index (Phi) is 4.44. The van der Waals surface area contributed by atoms with E-state index in [9.17, 15) is 9.59 Å². The normalized spacial score (nSPS) is 9.85. The van der Waals surface area contributed by atoms with Crippen molar-refractivity contribution in [3.05, 3.63) is 65.5 Å². The van der Waals surface area contributed by atoms with Crippen LogP contribution in [0.5, 0.6) is 0 Å². The average Bonchev–Trinajstić information content (AvgIpc) is 2.52. The Hall–Kier alpha value is -2.69. The van der Waals surface area contributed by atoms with Gasteiger partial charge in [0.2, 0.25) is 0 Å². The van der Waals surface area contributed by atoms with Gasteiger partial charge in [-0.2, -0.15) is 0 Å². The van der Waals surface area contributed by atoms with Gasteiger partial charge in [0.05, 0.1) is 18.2 Å². The highest BCUT2D eigenvalue weighted by Crippen LogP contribution is 2.10. The fourth-order valence-electron chi connectivity index (χ4n) is 1.75. The van der Waals surface area contributed by atoms with E-state index in [1.165, 1.54) is 7.11 Å². The minimum Gasteiger partial charge on any atom is -0.465 e. The lowest BCUT2D eigenvalue weighted by Gasteiger charge is -2.08. The Bertz CT molecular complexity index is 612. The van der Waals surface area contributed by atoms with Crippen molar-refractivity contribution in [3.8, 4) is 0 Å². The number of methoxy groups -OCH3 is 1. The van der Waals surface area contributed by atoms with E-state index in [-0.39, 0.29) is 11.5 Å². The van der Waals surface area contributed by atoms with E-state index < -0.39 is 5.97 Å². The number of esters is 1. The first-order valence-corrected chi connectivity index (χ1v) is 6.07. The van der Waals surface area contributed by atoms with Gasteiger partial charge in [0.25, 0.3) is 5.91 Å². The highest BCUT2D eigenvalue weighted by Gasteiger charge is 2.16. The van der Waals surface area contributed by atoms with E-state index in [0.717, 1.165) is 5.56 Å². The number of hydrogen-bond acceptors (Lipinski definition) is 4. The molecule has 2 rings (SSSR count). The average molecular weight is 270 g/mol. The van der Waals surface area contributed by atoms with Gasteiger partial charge >= 0.3 is 5.97 Å². The number of benzene rings is 1. The van der Waals surface area contributed by atoms with Gasteiger partial charge in [0.1, 0.15) is 0 Å². The van der Waals surface area contributed by atoms with Crippen molar-refractivity contribution in [1.82, 2.24) is 10.3 Å². The molecule has 0 aliphatic heterocycles. The lowest BCUT2D eigenvalue weighted by molar-refractivity contribution is 0.0596. The molecule has 0 radical (unpaired) electrons. The molecule has 1 N–H and O–H groups in total. The Morgan fingerprint density at radius 2 is 1.75 bits per heavy atom. The second-order valence-corrected chi connectivity index (χ2v) is 4.08. The van der Waals surface area contributed by atoms with E-state index in [0.29, 0.717) is 12.1 Å². The van der Waals surface area contributed by atoms with Gasteiger partial charge in [-0.1, -0.05) is 12.1 Å². The quantitative estimate of drug-likeness (QED) is 0.860. The van der Waals surface area contributed by atoms with Crippen LogP contribution in [0.2, 0.25) is 0 Å². The molecule has 0 atom stereocenters. The predicted octanol–water partition coefficient (Wildman–Crippen LogP) is 1.80. The molecule has 2 aromatic rings. The first-order chi connectivity index (χ1) is 9.72. The molecule has 1 amide bonds. The van der Waals surface area contributed by atoms with Crippen LogP contribution < -0.4 is 5.32 Å². The largest absolute Gasteiger partial charge is 0.465 e. The second-order valence-electron chi connectivity index (χ2n) is 4.08. The molecule has 0 aliphatic carbocycles. The van der Waals surface area contributed by atoms with Gasteiger partial charge in [-0.15, -0.1) is 0 Å². The number of rotatable bonds is 4. The minimum atomic E-state index is -0.528. The predicted molar refractivity (Wildman–Crippen MR) is 73.2 cm³/mol. The van der Waals surface area contributed by atoms with Gasteiger partial charge in [0.15, 0.2) is 0 Å². The van der Waals surface area contributed by atoms with Crippen LogP contribution in [0.25, 0.3) is 0 Å². The number of carbonyl (C=O) groups is 2. The summed E-state index contributed by atoms with van der Waals surface area (Å²) >= 11 is 0. The summed E-state index contributed by atoms with van der Waals surface area (Å²) < 4.78 is 4.66. The molecule has 1 aromatic heterocycles. The number of nitrogens with one attached hydrogen (secondary N) is 1. The van der Waals surface area contributed by atoms with Crippen LogP contribution in [0.15, 0.2) is 48.8 Å². The number of amides is 1. The summed E-state index contributed by atoms with van der Waals surface area (Å²) in [6.07, 6.45) is 3.31. The number of carbonyl (C=O) groups excluding carboxylic acids is 2. The molecule has 0 saturated carbocycles. The lowest BCUT2D eigenvalue weighted by Crippen LogP contribution is -2.25. The standard InChI is InChI=1S/C15H14N2O3/c1-20-15(19)13-5-3-2-4-12(13)14(18)17-10-11-6-8-16-9-7-11/h2-9H,10H2,1H3,(H,17,18). The Labute approximate surface area is 116 Å². The molecule has 0 fully saturated rings. The molecule has 0 bridgehead atoms. The van der Waals surface area contributed by atoms with Crippen LogP contribution in [0.3, 0.4) is 0 Å². The third-order valence-corrected chi connectivity index (χ3v) is 2.78. The Balaban J connectivity index is 2.12. The molecule has 0 spiro atoms. The molecule has 20 heavy (non-hydrogen) atoms. The molecule has 102 valence electrons. The van der Waals surface area contributed by atoms with Gasteiger partial charge in [0, 0.05) is 18.9 Å². The zero-order valence-corrected chi connectivity index (χ0v) is 11.0. The van der Waals surface area contributed by atoms with Crippen molar-refractivity contribution in [2.75, 3.05) is 7.11 Å². The van der Waals surface area contributed by atoms with Crippen molar-refractivity contribution in [1.29, 1.82) is 0 Å². The number of hydrogen-bond donors (Lipinski definition) is 1. The van der Waals surface area contributed by atoms with Crippen LogP contribution in [-0.4, -0.2) is 24.0 Å². The topological polar surface area (TPSA) is 68.3 Å². The fourth-order valence-corrected chi connectivity index (χ4v) is 1.75. The zero-order valence-electron chi connectivity index (χ0n) is 11.0. The van der Waals surface area contributed by atoms with E-state index in [1.54, 1.807) is 36.7 Å². The van der Waals surface area contributed by atoms with Gasteiger partial charge in [-0.05, 0) is 29.8 Å². The summed E-state index contributed by atoms with van der Waals surface area (Å²) in [5.74, 6) is -0.845. The Morgan fingerprint density at radius 3 is 2.40 bits per heavy atom. The molecule has 0 aliphatic rings. The first kappa shape index (κ1) is 13.7. The van der Waals surface area contributed by atoms with E-state index in [2.05, 4.69) is 15.0 Å². The highest BCUT2D eigenvalue weighted by molar-refractivity contribution is 6.05. The number of aromatic nitrogens is 1. The van der Waals surface area contributed by atoms with Crippen LogP contribution in [-0.2, 0) is 11.3 Å². The maximum atomic E-state index is 12.1. The van der Waals surface area contributed by atoms with Crippen molar-refractivity contribution in [2.45, 2.75) is 6.54 Å². The van der Waals surface area contributed by atoms with Crippen LogP contribution in [0.1, 0.15) is 26.3 Å². The first-order valence-electron chi connectivity index (χ1n) is 6.07. The highest BCUT2D eigenvalue weighted by atomic mass is 16.5. The molecule has 5 nitrogen and oxygen atoms in total. The van der Waals surface area contributed by atoms with Gasteiger partial charge < -0.3 is 10.1 Å². The van der Waals surface area contributed by atoms with Crippen LogP contribution in [0.4, 0.5) is 0 Å². The SMILES string of the molecule is COC(=O)c1ccccc1C(=O)NCc1ccncc1. The molecular weight excluding hydrogens is 256 g/mol. The fraction of sp³-hybridized carbons (Fsp3) is 0.133. The number of nitrogens with zero attached hydrogens (tertiary/aromatic N) is 1. The van der Waals surface area contributed by atoms with Gasteiger partial charge in [-0.3, -0.25) is 9.78 Å². The van der Waals surface area contributed by atoms with Crippen molar-refractivity contribution < 1.29 is 14.3 Å². The molecule has 1 aromatic carbocycles. The summed E-state index contributed by atoms with van der Waals surface area (Å²) in [5.41, 5.74) is 1.49. The number of ether oxygens (including phenoxy) is 1. The van der Waals surface area contributed by atoms with Crippen LogP contribution in [0, 0.1) is 0 Å². The van der Waals surface area contributed by atoms with Crippen molar-refractivity contribution in [3.63, 3.8) is 0 Å². The summed E-state index contributed by atoms with van der Waals surface area (Å²) in [4.78, 5) is 27.6. The maximum absolute atomic E-state index is 12.1.